The number of hydrogen-bond donors (Lipinski definition) is 1. The highest BCUT2D eigenvalue weighted by Gasteiger charge is 2.21. The first kappa shape index (κ1) is 15.6. The summed E-state index contributed by atoms with van der Waals surface area (Å²) in [5.41, 5.74) is 0.645. The van der Waals surface area contributed by atoms with Crippen molar-refractivity contribution in [1.29, 1.82) is 0 Å². The van der Waals surface area contributed by atoms with E-state index < -0.39 is 5.60 Å². The summed E-state index contributed by atoms with van der Waals surface area (Å²) in [6.07, 6.45) is 0. The van der Waals surface area contributed by atoms with E-state index in [2.05, 4.69) is 0 Å². The summed E-state index contributed by atoms with van der Waals surface area (Å²) in [5, 5.41) is 9.93. The summed E-state index contributed by atoms with van der Waals surface area (Å²) in [5.74, 6) is -0.559. The van der Waals surface area contributed by atoms with Crippen LogP contribution >= 0.6 is 0 Å². The number of nitrogens with zero attached hydrogens (tertiary/aromatic N) is 1. The highest BCUT2D eigenvalue weighted by atomic mass is 19.1. The van der Waals surface area contributed by atoms with Crippen LogP contribution in [0.15, 0.2) is 12.1 Å². The quantitative estimate of drug-likeness (QED) is 0.834. The molecule has 0 amide bonds. The van der Waals surface area contributed by atoms with Crippen LogP contribution in [0.2, 0.25) is 0 Å². The topological polar surface area (TPSA) is 40.5 Å². The number of carbonyl (C=O) groups excluding carboxylic acids is 1. The molecule has 0 radical (unpaired) electrons. The predicted molar refractivity (Wildman–Crippen MR) is 75.3 cm³/mol. The molecule has 0 unspecified atom stereocenters. The van der Waals surface area contributed by atoms with Gasteiger partial charge in [-0.2, -0.15) is 0 Å². The molecule has 3 nitrogen and oxygen atoms in total. The molecule has 1 aromatic rings. The van der Waals surface area contributed by atoms with Crippen molar-refractivity contribution in [2.24, 2.45) is 0 Å². The molecule has 0 aliphatic heterocycles. The molecule has 0 spiro atoms. The largest absolute Gasteiger partial charge is 0.389 e. The maximum atomic E-state index is 13.6. The second-order valence-electron chi connectivity index (χ2n) is 5.50. The van der Waals surface area contributed by atoms with Gasteiger partial charge in [-0.05, 0) is 52.3 Å². The molecule has 0 aromatic heterocycles. The van der Waals surface area contributed by atoms with E-state index in [-0.39, 0.29) is 11.6 Å². The average molecular weight is 267 g/mol. The minimum Gasteiger partial charge on any atom is -0.389 e. The van der Waals surface area contributed by atoms with Gasteiger partial charge in [-0.1, -0.05) is 0 Å². The highest BCUT2D eigenvalue weighted by Crippen LogP contribution is 2.26. The Morgan fingerprint density at radius 2 is 2.00 bits per heavy atom. The second-order valence-corrected chi connectivity index (χ2v) is 5.50. The van der Waals surface area contributed by atoms with Crippen LogP contribution < -0.4 is 4.90 Å². The summed E-state index contributed by atoms with van der Waals surface area (Å²) in [6, 6.07) is 2.95. The summed E-state index contributed by atoms with van der Waals surface area (Å²) in [7, 11) is 0. The van der Waals surface area contributed by atoms with Gasteiger partial charge in [-0.15, -0.1) is 0 Å². The maximum Gasteiger partial charge on any atom is 0.161 e. The zero-order chi connectivity index (χ0) is 14.8. The molecule has 19 heavy (non-hydrogen) atoms. The monoisotopic (exact) mass is 267 g/mol. The first-order valence-corrected chi connectivity index (χ1v) is 6.44. The van der Waals surface area contributed by atoms with Crippen LogP contribution in [0.4, 0.5) is 10.1 Å². The Morgan fingerprint density at radius 3 is 2.42 bits per heavy atom. The van der Waals surface area contributed by atoms with Crippen molar-refractivity contribution in [2.75, 3.05) is 18.0 Å². The first-order valence-electron chi connectivity index (χ1n) is 6.44. The number of benzene rings is 1. The van der Waals surface area contributed by atoms with Crippen molar-refractivity contribution >= 4 is 11.5 Å². The lowest BCUT2D eigenvalue weighted by atomic mass is 10.0. The highest BCUT2D eigenvalue weighted by molar-refractivity contribution is 6.00. The number of aliphatic hydroxyl groups is 1. The molecule has 1 aromatic carbocycles. The number of carbonyl (C=O) groups is 1. The van der Waals surface area contributed by atoms with Gasteiger partial charge < -0.3 is 10.0 Å². The van der Waals surface area contributed by atoms with Crippen LogP contribution in [0, 0.1) is 12.7 Å². The van der Waals surface area contributed by atoms with Crippen LogP contribution in [0.5, 0.6) is 0 Å². The fourth-order valence-electron chi connectivity index (χ4n) is 2.04. The number of ketones is 1. The third-order valence-electron chi connectivity index (χ3n) is 2.96. The van der Waals surface area contributed by atoms with Crippen LogP contribution in [0.25, 0.3) is 0 Å². The predicted octanol–water partition coefficient (Wildman–Crippen LogP) is 2.93. The Balaban J connectivity index is 3.29. The fraction of sp³-hybridized carbons (Fsp3) is 0.533. The van der Waals surface area contributed by atoms with E-state index in [9.17, 15) is 14.3 Å². The van der Waals surface area contributed by atoms with E-state index in [1.807, 2.05) is 11.8 Å². The Labute approximate surface area is 114 Å². The van der Waals surface area contributed by atoms with Crippen LogP contribution in [-0.4, -0.2) is 29.6 Å². The SMILES string of the molecule is CCN(CC(C)(C)O)c1cc(C)c(F)cc1C(C)=O. The Bertz CT molecular complexity index is 478. The van der Waals surface area contributed by atoms with Gasteiger partial charge in [-0.25, -0.2) is 4.39 Å². The van der Waals surface area contributed by atoms with Crippen molar-refractivity contribution in [3.8, 4) is 0 Å². The van der Waals surface area contributed by atoms with Gasteiger partial charge in [0.15, 0.2) is 5.78 Å². The second kappa shape index (κ2) is 5.70. The van der Waals surface area contributed by atoms with Gasteiger partial charge in [0.2, 0.25) is 0 Å². The van der Waals surface area contributed by atoms with Gasteiger partial charge in [0.1, 0.15) is 5.82 Å². The normalized spacial score (nSPS) is 11.5. The summed E-state index contributed by atoms with van der Waals surface area (Å²) in [6.45, 7) is 9.46. The number of halogens is 1. The lowest BCUT2D eigenvalue weighted by Gasteiger charge is -2.31. The molecule has 0 saturated heterocycles. The molecule has 4 heteroatoms. The zero-order valence-corrected chi connectivity index (χ0v) is 12.2. The van der Waals surface area contributed by atoms with Crippen molar-refractivity contribution < 1.29 is 14.3 Å². The van der Waals surface area contributed by atoms with E-state index in [4.69, 9.17) is 0 Å². The standard InChI is InChI=1S/C15H22FNO2/c1-6-17(9-15(4,5)19)14-7-10(2)13(16)8-12(14)11(3)18/h7-8,19H,6,9H2,1-5H3. The molecule has 0 saturated carbocycles. The fourth-order valence-corrected chi connectivity index (χ4v) is 2.04. The molecule has 0 bridgehead atoms. The number of Topliss-reactive ketones (excluding diaryl/α,β-unsaturated/α-hetero) is 1. The number of likely N-dealkylation sites (N-methyl/N-ethyl adjacent to an activating group) is 1. The molecule has 0 aliphatic carbocycles. The molecular weight excluding hydrogens is 245 g/mol. The summed E-state index contributed by atoms with van der Waals surface area (Å²) >= 11 is 0. The van der Waals surface area contributed by atoms with Crippen LogP contribution in [-0.2, 0) is 0 Å². The van der Waals surface area contributed by atoms with Crippen molar-refractivity contribution in [1.82, 2.24) is 0 Å². The molecule has 0 fully saturated rings. The minimum atomic E-state index is -0.883. The summed E-state index contributed by atoms with van der Waals surface area (Å²) in [4.78, 5) is 13.6. The number of aryl methyl sites for hydroxylation is 1. The molecule has 0 aliphatic rings. The number of hydrogen-bond acceptors (Lipinski definition) is 3. The lowest BCUT2D eigenvalue weighted by Crippen LogP contribution is -2.39. The Hall–Kier alpha value is -1.42. The summed E-state index contributed by atoms with van der Waals surface area (Å²) < 4.78 is 13.6. The zero-order valence-electron chi connectivity index (χ0n) is 12.2. The van der Waals surface area contributed by atoms with Crippen LogP contribution in [0.1, 0.15) is 43.6 Å². The lowest BCUT2D eigenvalue weighted by molar-refractivity contribution is 0.0872. The molecule has 1 N–H and O–H groups in total. The third kappa shape index (κ3) is 4.03. The van der Waals surface area contributed by atoms with E-state index in [0.29, 0.717) is 29.9 Å². The van der Waals surface area contributed by atoms with E-state index >= 15 is 0 Å². The van der Waals surface area contributed by atoms with Crippen molar-refractivity contribution in [3.05, 3.63) is 29.1 Å². The van der Waals surface area contributed by atoms with Crippen molar-refractivity contribution in [3.63, 3.8) is 0 Å². The van der Waals surface area contributed by atoms with Gasteiger partial charge in [0.05, 0.1) is 5.60 Å². The number of anilines is 1. The molecule has 0 heterocycles. The van der Waals surface area contributed by atoms with Gasteiger partial charge in [0.25, 0.3) is 0 Å². The average Bonchev–Trinajstić information content (AvgIpc) is 2.27. The maximum absolute atomic E-state index is 13.6. The van der Waals surface area contributed by atoms with Gasteiger partial charge in [-0.3, -0.25) is 4.79 Å². The first-order chi connectivity index (χ1) is 8.65. The number of rotatable bonds is 5. The smallest absolute Gasteiger partial charge is 0.161 e. The van der Waals surface area contributed by atoms with Gasteiger partial charge in [0, 0.05) is 24.3 Å². The van der Waals surface area contributed by atoms with Crippen LogP contribution in [0.3, 0.4) is 0 Å². The molecule has 0 atom stereocenters. The minimum absolute atomic E-state index is 0.178. The third-order valence-corrected chi connectivity index (χ3v) is 2.96. The molecule has 106 valence electrons. The molecule has 1 rings (SSSR count). The molecular formula is C15H22FNO2. The van der Waals surface area contributed by atoms with Gasteiger partial charge >= 0.3 is 0 Å². The Kier molecular flexibility index (Phi) is 4.69. The Morgan fingerprint density at radius 1 is 1.42 bits per heavy atom. The van der Waals surface area contributed by atoms with Crippen molar-refractivity contribution in [2.45, 2.75) is 40.2 Å². The van der Waals surface area contributed by atoms with E-state index in [1.165, 1.54) is 13.0 Å². The van der Waals surface area contributed by atoms with E-state index in [0.717, 1.165) is 0 Å². The van der Waals surface area contributed by atoms with E-state index in [1.54, 1.807) is 26.8 Å².